The van der Waals surface area contributed by atoms with Gasteiger partial charge in [0.25, 0.3) is 0 Å². The van der Waals surface area contributed by atoms with E-state index < -0.39 is 36.3 Å². The Balaban J connectivity index is 2.07. The number of carbonyl (C=O) groups excluding carboxylic acids is 2. The number of esters is 1. The molecule has 0 aliphatic heterocycles. The molecule has 0 aromatic heterocycles. The molecule has 0 heterocycles. The predicted molar refractivity (Wildman–Crippen MR) is 130 cm³/mol. The van der Waals surface area contributed by atoms with Gasteiger partial charge in [-0.2, -0.15) is 0 Å². The average Bonchev–Trinajstić information content (AvgIpc) is 2.79. The highest BCUT2D eigenvalue weighted by atomic mass is 35.5. The highest BCUT2D eigenvalue weighted by Crippen LogP contribution is 2.16. The van der Waals surface area contributed by atoms with Crippen LogP contribution in [0.3, 0.4) is 0 Å². The fourth-order valence-electron chi connectivity index (χ4n) is 3.26. The minimum atomic E-state index is -2.23. The molecule has 0 aliphatic carbocycles. The number of nitrogens with zero attached hydrogens (tertiary/aromatic N) is 1. The van der Waals surface area contributed by atoms with Gasteiger partial charge in [-0.15, -0.1) is 23.2 Å². The summed E-state index contributed by atoms with van der Waals surface area (Å²) in [6.45, 7) is 0.152. The van der Waals surface area contributed by atoms with E-state index in [1.807, 2.05) is 24.3 Å². The van der Waals surface area contributed by atoms with Crippen molar-refractivity contribution in [2.75, 3.05) is 36.3 Å². The molecule has 0 bridgehead atoms. The fourth-order valence-corrected chi connectivity index (χ4v) is 3.67. The molecule has 9 heteroatoms. The summed E-state index contributed by atoms with van der Waals surface area (Å²) in [5.74, 6) is -1.07. The summed E-state index contributed by atoms with van der Waals surface area (Å²) >= 11 is 11.7. The number of alkyl halides is 2. The minimum absolute atomic E-state index is 0.0146. The van der Waals surface area contributed by atoms with Gasteiger partial charge >= 0.3 is 5.97 Å². The summed E-state index contributed by atoms with van der Waals surface area (Å²) in [6.07, 6.45) is 0.198. The van der Waals surface area contributed by atoms with Crippen LogP contribution >= 0.6 is 23.2 Å². The molecule has 0 spiro atoms. The predicted octanol–water partition coefficient (Wildman–Crippen LogP) is 3.27. The first-order valence-electron chi connectivity index (χ1n) is 11.5. The summed E-state index contributed by atoms with van der Waals surface area (Å²) < 4.78 is 33.0. The second-order valence-electron chi connectivity index (χ2n) is 7.36. The van der Waals surface area contributed by atoms with Crippen LogP contribution in [0.25, 0.3) is 0 Å². The number of anilines is 1. The van der Waals surface area contributed by atoms with Gasteiger partial charge in [0.15, 0.2) is 0 Å². The topological polar surface area (TPSA) is 84.7 Å². The number of hydrogen-bond donors (Lipinski definition) is 2. The van der Waals surface area contributed by atoms with Gasteiger partial charge in [-0.25, -0.2) is 9.18 Å². The number of rotatable bonds is 13. The van der Waals surface area contributed by atoms with E-state index in [1.54, 1.807) is 0 Å². The van der Waals surface area contributed by atoms with Crippen LogP contribution in [0, 0.1) is 5.82 Å². The number of ether oxygens (including phenoxy) is 1. The first-order valence-corrected chi connectivity index (χ1v) is 11.6. The van der Waals surface area contributed by atoms with Crippen molar-refractivity contribution in [2.45, 2.75) is 31.8 Å². The summed E-state index contributed by atoms with van der Waals surface area (Å²) in [6, 6.07) is 10.8. The maximum Gasteiger partial charge on any atom is 0.328 e. The molecule has 0 saturated carbocycles. The van der Waals surface area contributed by atoms with E-state index in [4.69, 9.17) is 36.4 Å². The van der Waals surface area contributed by atoms with Crippen molar-refractivity contribution < 1.29 is 21.5 Å². The molecule has 2 atom stereocenters. The number of hydrogen-bond acceptors (Lipinski definition) is 5. The van der Waals surface area contributed by atoms with Crippen molar-refractivity contribution >= 4 is 40.8 Å². The van der Waals surface area contributed by atoms with E-state index in [2.05, 4.69) is 10.2 Å². The molecule has 0 saturated heterocycles. The number of nitrogens with two attached hydrogens (primary N) is 1. The van der Waals surface area contributed by atoms with E-state index in [9.17, 15) is 14.0 Å². The van der Waals surface area contributed by atoms with Gasteiger partial charge < -0.3 is 20.7 Å². The minimum Gasteiger partial charge on any atom is -0.464 e. The second kappa shape index (κ2) is 14.0. The number of amides is 1. The summed E-state index contributed by atoms with van der Waals surface area (Å²) in [4.78, 5) is 27.4. The third-order valence-electron chi connectivity index (χ3n) is 4.96. The largest absolute Gasteiger partial charge is 0.464 e. The van der Waals surface area contributed by atoms with Crippen LogP contribution in [0.2, 0.25) is 0 Å². The Kier molecular flexibility index (Phi) is 10.1. The lowest BCUT2D eigenvalue weighted by molar-refractivity contribution is -0.147. The zero-order valence-electron chi connectivity index (χ0n) is 20.4. The van der Waals surface area contributed by atoms with Crippen LogP contribution in [-0.4, -0.2) is 55.4 Å². The smallest absolute Gasteiger partial charge is 0.328 e. The summed E-state index contributed by atoms with van der Waals surface area (Å²) in [5.41, 5.74) is 8.42. The number of benzene rings is 2. The molecule has 0 aliphatic rings. The lowest BCUT2D eigenvalue weighted by Gasteiger charge is -2.23. The third kappa shape index (κ3) is 8.84. The SMILES string of the molecule is [2H]C([2H])(C)OC(=O)C(Cc1ccc(F)cc1)NC(=O)C(N)Cc1ccc(N(CCCl)CCCl)cc1. The van der Waals surface area contributed by atoms with Crippen LogP contribution in [-0.2, 0) is 27.2 Å². The fraction of sp³-hybridized carbons (Fsp3) is 0.417. The van der Waals surface area contributed by atoms with Crippen molar-refractivity contribution in [2.24, 2.45) is 5.73 Å². The zero-order chi connectivity index (χ0) is 26.0. The Bertz CT molecular complexity index is 954. The molecule has 3 N–H and O–H groups in total. The Morgan fingerprint density at radius 3 is 2.15 bits per heavy atom. The highest BCUT2D eigenvalue weighted by molar-refractivity contribution is 6.18. The maximum absolute atomic E-state index is 13.2. The highest BCUT2D eigenvalue weighted by Gasteiger charge is 2.25. The Labute approximate surface area is 207 Å². The van der Waals surface area contributed by atoms with Gasteiger partial charge in [0.05, 0.1) is 15.3 Å². The molecule has 2 aromatic rings. The molecule has 2 rings (SSSR count). The molecule has 2 unspecified atom stereocenters. The third-order valence-corrected chi connectivity index (χ3v) is 5.30. The molecule has 6 nitrogen and oxygen atoms in total. The van der Waals surface area contributed by atoms with Gasteiger partial charge in [0.2, 0.25) is 5.91 Å². The van der Waals surface area contributed by atoms with Gasteiger partial charge in [-0.05, 0) is 48.7 Å². The Hall–Kier alpha value is -2.35. The molecular formula is C24H30Cl2FN3O3. The molecule has 1 amide bonds. The van der Waals surface area contributed by atoms with Gasteiger partial charge in [-0.1, -0.05) is 24.3 Å². The number of halogens is 3. The first-order chi connectivity index (χ1) is 16.5. The van der Waals surface area contributed by atoms with Crippen LogP contribution < -0.4 is 16.0 Å². The second-order valence-corrected chi connectivity index (χ2v) is 8.11. The number of carbonyl (C=O) groups is 2. The van der Waals surface area contributed by atoms with E-state index in [0.29, 0.717) is 30.4 Å². The zero-order valence-corrected chi connectivity index (χ0v) is 19.9. The summed E-state index contributed by atoms with van der Waals surface area (Å²) in [5, 5.41) is 2.55. The quantitative estimate of drug-likeness (QED) is 0.326. The van der Waals surface area contributed by atoms with Crippen molar-refractivity contribution in [3.8, 4) is 0 Å². The Morgan fingerprint density at radius 2 is 1.61 bits per heavy atom. The lowest BCUT2D eigenvalue weighted by atomic mass is 10.0. The number of nitrogens with one attached hydrogen (secondary N) is 1. The first kappa shape index (κ1) is 23.8. The molecular weight excluding hydrogens is 468 g/mol. The van der Waals surface area contributed by atoms with Crippen LogP contribution in [0.4, 0.5) is 10.1 Å². The normalized spacial score (nSPS) is 14.0. The van der Waals surface area contributed by atoms with E-state index >= 15 is 0 Å². The van der Waals surface area contributed by atoms with Crippen molar-refractivity contribution in [3.05, 3.63) is 65.5 Å². The van der Waals surface area contributed by atoms with Crippen molar-refractivity contribution in [1.82, 2.24) is 5.32 Å². The molecule has 0 radical (unpaired) electrons. The molecule has 2 aromatic carbocycles. The molecule has 180 valence electrons. The van der Waals surface area contributed by atoms with E-state index in [1.165, 1.54) is 24.3 Å². The van der Waals surface area contributed by atoms with Crippen LogP contribution in [0.15, 0.2) is 48.5 Å². The monoisotopic (exact) mass is 499 g/mol. The molecule has 33 heavy (non-hydrogen) atoms. The Morgan fingerprint density at radius 1 is 1.06 bits per heavy atom. The van der Waals surface area contributed by atoms with E-state index in [-0.39, 0.29) is 12.8 Å². The van der Waals surface area contributed by atoms with Crippen LogP contribution in [0.5, 0.6) is 0 Å². The maximum atomic E-state index is 13.2. The van der Waals surface area contributed by atoms with Crippen LogP contribution in [0.1, 0.15) is 20.8 Å². The summed E-state index contributed by atoms with van der Waals surface area (Å²) in [7, 11) is 0. The molecule has 0 fully saturated rings. The lowest BCUT2D eigenvalue weighted by Crippen LogP contribution is -2.50. The van der Waals surface area contributed by atoms with Crippen molar-refractivity contribution in [3.63, 3.8) is 0 Å². The standard InChI is InChI=1S/C24H30Cl2FN3O3/c1-2-33-24(32)22(16-18-3-7-19(27)8-4-18)29-23(31)21(28)15-17-5-9-20(10-6-17)30(13-11-25)14-12-26/h3-10,21-22H,2,11-16,28H2,1H3,(H,29,31)/i2D2. The van der Waals surface area contributed by atoms with Crippen molar-refractivity contribution in [1.29, 1.82) is 0 Å². The average molecular weight is 500 g/mol. The van der Waals surface area contributed by atoms with E-state index in [0.717, 1.165) is 18.2 Å². The van der Waals surface area contributed by atoms with Gasteiger partial charge in [-0.3, -0.25) is 4.79 Å². The van der Waals surface area contributed by atoms with Gasteiger partial charge in [0, 0.05) is 37.0 Å². The van der Waals surface area contributed by atoms with Gasteiger partial charge in [0.1, 0.15) is 11.9 Å².